The van der Waals surface area contributed by atoms with Crippen LogP contribution in [-0.2, 0) is 0 Å². The molecule has 1 heterocycles. The van der Waals surface area contributed by atoms with E-state index in [0.717, 1.165) is 12.3 Å². The van der Waals surface area contributed by atoms with Crippen LogP contribution < -0.4 is 5.32 Å². The Morgan fingerprint density at radius 1 is 1.32 bits per heavy atom. The van der Waals surface area contributed by atoms with Crippen molar-refractivity contribution in [2.75, 3.05) is 26.2 Å². The van der Waals surface area contributed by atoms with Gasteiger partial charge in [0.2, 0.25) is 0 Å². The molecule has 3 nitrogen and oxygen atoms in total. The van der Waals surface area contributed by atoms with E-state index < -0.39 is 0 Å². The summed E-state index contributed by atoms with van der Waals surface area (Å²) in [7, 11) is 0. The zero-order chi connectivity index (χ0) is 13.7. The predicted molar refractivity (Wildman–Crippen MR) is 80.3 cm³/mol. The lowest BCUT2D eigenvalue weighted by Crippen LogP contribution is -2.47. The highest BCUT2D eigenvalue weighted by Gasteiger charge is 2.31. The lowest BCUT2D eigenvalue weighted by atomic mass is 9.96. The Balaban J connectivity index is 1.62. The summed E-state index contributed by atoms with van der Waals surface area (Å²) in [6.45, 7) is 8.54. The van der Waals surface area contributed by atoms with Gasteiger partial charge in [0.05, 0.1) is 6.61 Å². The van der Waals surface area contributed by atoms with Gasteiger partial charge < -0.3 is 15.3 Å². The number of hydrogen-bond acceptors (Lipinski definition) is 3. The SMILES string of the molecule is CCCC1CCN(CCCC(C)(CO)NC2CC2)C1. The molecule has 1 saturated heterocycles. The summed E-state index contributed by atoms with van der Waals surface area (Å²) in [4.78, 5) is 2.62. The van der Waals surface area contributed by atoms with Gasteiger partial charge in [-0.25, -0.2) is 0 Å². The minimum absolute atomic E-state index is 0.0519. The van der Waals surface area contributed by atoms with Gasteiger partial charge in [0.1, 0.15) is 0 Å². The number of aliphatic hydroxyl groups excluding tert-OH is 1. The van der Waals surface area contributed by atoms with Crippen LogP contribution in [0.15, 0.2) is 0 Å². The second-order valence-electron chi connectivity index (χ2n) is 6.98. The van der Waals surface area contributed by atoms with Crippen molar-refractivity contribution in [1.82, 2.24) is 10.2 Å². The van der Waals surface area contributed by atoms with Crippen LogP contribution >= 0.6 is 0 Å². The van der Waals surface area contributed by atoms with Crippen LogP contribution in [0.3, 0.4) is 0 Å². The van der Waals surface area contributed by atoms with Crippen LogP contribution in [0.2, 0.25) is 0 Å². The van der Waals surface area contributed by atoms with E-state index in [1.807, 2.05) is 0 Å². The van der Waals surface area contributed by atoms with E-state index in [2.05, 4.69) is 24.1 Å². The van der Waals surface area contributed by atoms with E-state index >= 15 is 0 Å². The van der Waals surface area contributed by atoms with E-state index in [-0.39, 0.29) is 12.1 Å². The predicted octanol–water partition coefficient (Wildman–Crippen LogP) is 2.39. The Kier molecular flexibility index (Phi) is 5.67. The van der Waals surface area contributed by atoms with Gasteiger partial charge in [-0.15, -0.1) is 0 Å². The van der Waals surface area contributed by atoms with Crippen molar-refractivity contribution in [3.8, 4) is 0 Å². The van der Waals surface area contributed by atoms with Crippen molar-refractivity contribution in [1.29, 1.82) is 0 Å². The molecule has 19 heavy (non-hydrogen) atoms. The molecule has 0 aromatic heterocycles. The molecule has 2 aliphatic rings. The zero-order valence-electron chi connectivity index (χ0n) is 12.8. The van der Waals surface area contributed by atoms with E-state index in [9.17, 15) is 5.11 Å². The number of nitrogens with zero attached hydrogens (tertiary/aromatic N) is 1. The van der Waals surface area contributed by atoms with Crippen LogP contribution in [0.5, 0.6) is 0 Å². The van der Waals surface area contributed by atoms with Gasteiger partial charge in [-0.05, 0) is 64.5 Å². The third-order valence-electron chi connectivity index (χ3n) is 4.75. The molecule has 2 fully saturated rings. The highest BCUT2D eigenvalue weighted by Crippen LogP contribution is 2.25. The smallest absolute Gasteiger partial charge is 0.0610 e. The average molecular weight is 268 g/mol. The first kappa shape index (κ1) is 15.3. The first-order valence-corrected chi connectivity index (χ1v) is 8.26. The first-order valence-electron chi connectivity index (χ1n) is 8.26. The Labute approximate surface area is 118 Å². The maximum Gasteiger partial charge on any atom is 0.0610 e. The van der Waals surface area contributed by atoms with Crippen molar-refractivity contribution < 1.29 is 5.11 Å². The Bertz CT molecular complexity index is 267. The summed E-state index contributed by atoms with van der Waals surface area (Å²) in [5.74, 6) is 0.943. The maximum atomic E-state index is 9.59. The minimum Gasteiger partial charge on any atom is -0.394 e. The number of hydrogen-bond donors (Lipinski definition) is 2. The summed E-state index contributed by atoms with van der Waals surface area (Å²) >= 11 is 0. The molecule has 0 aromatic rings. The standard InChI is InChI=1S/C16H32N2O/c1-3-5-14-8-11-18(12-14)10-4-9-16(2,13-19)17-15-6-7-15/h14-15,17,19H,3-13H2,1-2H3. The number of likely N-dealkylation sites (tertiary alicyclic amines) is 1. The molecule has 2 N–H and O–H groups in total. The van der Waals surface area contributed by atoms with Gasteiger partial charge >= 0.3 is 0 Å². The summed E-state index contributed by atoms with van der Waals surface area (Å²) in [6, 6.07) is 0.679. The van der Waals surface area contributed by atoms with Gasteiger partial charge in [-0.2, -0.15) is 0 Å². The normalized spacial score (nSPS) is 27.6. The monoisotopic (exact) mass is 268 g/mol. The highest BCUT2D eigenvalue weighted by molar-refractivity contribution is 4.92. The van der Waals surface area contributed by atoms with Crippen LogP contribution in [0.25, 0.3) is 0 Å². The van der Waals surface area contributed by atoms with Gasteiger partial charge in [0.25, 0.3) is 0 Å². The highest BCUT2D eigenvalue weighted by atomic mass is 16.3. The van der Waals surface area contributed by atoms with E-state index in [0.29, 0.717) is 6.04 Å². The molecule has 0 amide bonds. The van der Waals surface area contributed by atoms with Gasteiger partial charge in [-0.3, -0.25) is 0 Å². The van der Waals surface area contributed by atoms with Crippen molar-refractivity contribution in [2.24, 2.45) is 5.92 Å². The topological polar surface area (TPSA) is 35.5 Å². The molecule has 112 valence electrons. The summed E-state index contributed by atoms with van der Waals surface area (Å²) in [5, 5.41) is 13.2. The molecule has 0 radical (unpaired) electrons. The van der Waals surface area contributed by atoms with E-state index in [1.165, 1.54) is 58.2 Å². The molecule has 1 saturated carbocycles. The fourth-order valence-electron chi connectivity index (χ4n) is 3.37. The first-order chi connectivity index (χ1) is 9.15. The second kappa shape index (κ2) is 7.05. The van der Waals surface area contributed by atoms with Gasteiger partial charge in [0.15, 0.2) is 0 Å². The van der Waals surface area contributed by atoms with Gasteiger partial charge in [0, 0.05) is 18.1 Å². The fourth-order valence-corrected chi connectivity index (χ4v) is 3.37. The molecule has 0 spiro atoms. The lowest BCUT2D eigenvalue weighted by Gasteiger charge is -2.30. The third kappa shape index (κ3) is 5.05. The summed E-state index contributed by atoms with van der Waals surface area (Å²) in [5.41, 5.74) is -0.0519. The Morgan fingerprint density at radius 3 is 2.74 bits per heavy atom. The van der Waals surface area contributed by atoms with Crippen molar-refractivity contribution in [2.45, 2.75) is 70.4 Å². The van der Waals surface area contributed by atoms with Crippen molar-refractivity contribution in [3.05, 3.63) is 0 Å². The largest absolute Gasteiger partial charge is 0.394 e. The summed E-state index contributed by atoms with van der Waals surface area (Å²) < 4.78 is 0. The fraction of sp³-hybridized carbons (Fsp3) is 1.00. The number of rotatable bonds is 9. The molecular formula is C16H32N2O. The molecule has 1 aliphatic carbocycles. The minimum atomic E-state index is -0.0519. The molecule has 1 aliphatic heterocycles. The van der Waals surface area contributed by atoms with E-state index in [4.69, 9.17) is 0 Å². The second-order valence-corrected chi connectivity index (χ2v) is 6.98. The molecule has 3 heteroatoms. The Hall–Kier alpha value is -0.120. The Morgan fingerprint density at radius 2 is 2.11 bits per heavy atom. The third-order valence-corrected chi connectivity index (χ3v) is 4.75. The van der Waals surface area contributed by atoms with Crippen LogP contribution in [0, 0.1) is 5.92 Å². The average Bonchev–Trinajstić information content (AvgIpc) is 3.08. The molecular weight excluding hydrogens is 236 g/mol. The molecule has 2 rings (SSSR count). The van der Waals surface area contributed by atoms with Crippen LogP contribution in [0.1, 0.15) is 58.8 Å². The number of nitrogens with one attached hydrogen (secondary N) is 1. The maximum absolute atomic E-state index is 9.59. The zero-order valence-corrected chi connectivity index (χ0v) is 12.8. The molecule has 2 unspecified atom stereocenters. The van der Waals surface area contributed by atoms with Gasteiger partial charge in [-0.1, -0.05) is 13.3 Å². The molecule has 2 atom stereocenters. The van der Waals surface area contributed by atoms with E-state index in [1.54, 1.807) is 0 Å². The quantitative estimate of drug-likeness (QED) is 0.674. The van der Waals surface area contributed by atoms with Crippen molar-refractivity contribution >= 4 is 0 Å². The lowest BCUT2D eigenvalue weighted by molar-refractivity contribution is 0.156. The summed E-state index contributed by atoms with van der Waals surface area (Å²) in [6.07, 6.45) is 9.00. The van der Waals surface area contributed by atoms with Crippen LogP contribution in [0.4, 0.5) is 0 Å². The number of aliphatic hydroxyl groups is 1. The molecule has 0 bridgehead atoms. The van der Waals surface area contributed by atoms with Crippen LogP contribution in [-0.4, -0.2) is 47.8 Å². The van der Waals surface area contributed by atoms with Crippen molar-refractivity contribution in [3.63, 3.8) is 0 Å². The molecule has 0 aromatic carbocycles.